The van der Waals surface area contributed by atoms with E-state index in [9.17, 15) is 0 Å². The van der Waals surface area contributed by atoms with Gasteiger partial charge in [-0.05, 0) is 56.4 Å². The second-order valence-corrected chi connectivity index (χ2v) is 8.04. The van der Waals surface area contributed by atoms with E-state index in [0.29, 0.717) is 12.6 Å². The molecule has 4 N–H and O–H groups in total. The van der Waals surface area contributed by atoms with Gasteiger partial charge in [-0.2, -0.15) is 0 Å². The van der Waals surface area contributed by atoms with Gasteiger partial charge in [-0.25, -0.2) is 0 Å². The van der Waals surface area contributed by atoms with Crippen LogP contribution in [0.25, 0.3) is 0 Å². The monoisotopic (exact) mass is 368 g/mol. The predicted octanol–water partition coefficient (Wildman–Crippen LogP) is 3.97. The molecule has 148 valence electrons. The van der Waals surface area contributed by atoms with E-state index in [1.165, 1.54) is 59.3 Å². The third-order valence-corrected chi connectivity index (χ3v) is 6.16. The third-order valence-electron chi connectivity index (χ3n) is 6.16. The molecular weight excluding hydrogens is 332 g/mol. The van der Waals surface area contributed by atoms with Crippen molar-refractivity contribution in [1.29, 1.82) is 0 Å². The van der Waals surface area contributed by atoms with Crippen molar-refractivity contribution in [1.82, 2.24) is 5.32 Å². The summed E-state index contributed by atoms with van der Waals surface area (Å²) in [6.07, 6.45) is 8.09. The lowest BCUT2D eigenvalue weighted by Crippen LogP contribution is -2.43. The van der Waals surface area contributed by atoms with Gasteiger partial charge < -0.3 is 21.3 Å². The molecule has 1 heterocycles. The van der Waals surface area contributed by atoms with E-state index in [1.807, 2.05) is 6.08 Å². The molecule has 1 aromatic rings. The maximum absolute atomic E-state index is 6.24. The number of allylic oxidation sites excluding steroid dienone is 3. The Labute approximate surface area is 164 Å². The summed E-state index contributed by atoms with van der Waals surface area (Å²) in [7, 11) is 0. The largest absolute Gasteiger partial charge is 0.382 e. The molecule has 27 heavy (non-hydrogen) atoms. The summed E-state index contributed by atoms with van der Waals surface area (Å²) in [6, 6.07) is 5.30. The van der Waals surface area contributed by atoms with Crippen molar-refractivity contribution in [2.24, 2.45) is 5.73 Å². The van der Waals surface area contributed by atoms with E-state index >= 15 is 0 Å². The quantitative estimate of drug-likeness (QED) is 0.637. The fourth-order valence-electron chi connectivity index (χ4n) is 4.24. The number of hydrogen-bond donors (Lipinski definition) is 3. The fraction of sp³-hybridized carbons (Fsp3) is 0.565. The lowest BCUT2D eigenvalue weighted by atomic mass is 9.95. The molecular formula is C23H36N4. The number of nitrogens with two attached hydrogens (primary N) is 1. The van der Waals surface area contributed by atoms with Crippen molar-refractivity contribution >= 4 is 11.4 Å². The summed E-state index contributed by atoms with van der Waals surface area (Å²) < 4.78 is 0. The van der Waals surface area contributed by atoms with Crippen LogP contribution < -0.4 is 21.3 Å². The van der Waals surface area contributed by atoms with E-state index in [-0.39, 0.29) is 0 Å². The SMILES string of the molecule is C=C/C(C)=C(\C)Cc1cc(N2CCNCC2)cc(NC2CCCC2)c1CN. The number of benzene rings is 1. The van der Waals surface area contributed by atoms with Gasteiger partial charge >= 0.3 is 0 Å². The third kappa shape index (κ3) is 4.94. The Hall–Kier alpha value is -1.78. The molecule has 0 unspecified atom stereocenters. The van der Waals surface area contributed by atoms with Crippen LogP contribution >= 0.6 is 0 Å². The molecule has 2 aliphatic rings. The fourth-order valence-corrected chi connectivity index (χ4v) is 4.24. The van der Waals surface area contributed by atoms with Gasteiger partial charge in [-0.3, -0.25) is 0 Å². The van der Waals surface area contributed by atoms with Crippen molar-refractivity contribution in [2.45, 2.75) is 58.5 Å². The lowest BCUT2D eigenvalue weighted by molar-refractivity contribution is 0.589. The van der Waals surface area contributed by atoms with Gasteiger partial charge in [0.1, 0.15) is 0 Å². The van der Waals surface area contributed by atoms with Crippen molar-refractivity contribution in [3.63, 3.8) is 0 Å². The van der Waals surface area contributed by atoms with Gasteiger partial charge in [-0.1, -0.05) is 36.6 Å². The molecule has 1 aromatic carbocycles. The first-order valence-corrected chi connectivity index (χ1v) is 10.5. The first kappa shape index (κ1) is 20.0. The molecule has 0 bridgehead atoms. The highest BCUT2D eigenvalue weighted by atomic mass is 15.2. The van der Waals surface area contributed by atoms with E-state index in [4.69, 9.17) is 5.73 Å². The van der Waals surface area contributed by atoms with Crippen molar-refractivity contribution in [3.05, 3.63) is 47.1 Å². The molecule has 1 aliphatic heterocycles. The Morgan fingerprint density at radius 2 is 1.96 bits per heavy atom. The molecule has 0 aromatic heterocycles. The molecule has 0 radical (unpaired) electrons. The van der Waals surface area contributed by atoms with Crippen LogP contribution in [0.5, 0.6) is 0 Å². The second-order valence-electron chi connectivity index (χ2n) is 8.04. The minimum atomic E-state index is 0.576. The number of rotatable bonds is 7. The van der Waals surface area contributed by atoms with E-state index in [1.54, 1.807) is 0 Å². The summed E-state index contributed by atoms with van der Waals surface area (Å²) in [5.41, 5.74) is 14.1. The van der Waals surface area contributed by atoms with Crippen LogP contribution in [-0.4, -0.2) is 32.2 Å². The highest BCUT2D eigenvalue weighted by Gasteiger charge is 2.20. The normalized spacial score (nSPS) is 19.1. The Kier molecular flexibility index (Phi) is 6.97. The van der Waals surface area contributed by atoms with Gasteiger partial charge in [0.05, 0.1) is 0 Å². The topological polar surface area (TPSA) is 53.3 Å². The molecule has 1 saturated heterocycles. The Balaban J connectivity index is 1.98. The highest BCUT2D eigenvalue weighted by molar-refractivity contribution is 5.66. The van der Waals surface area contributed by atoms with Crippen molar-refractivity contribution < 1.29 is 0 Å². The first-order valence-electron chi connectivity index (χ1n) is 10.5. The van der Waals surface area contributed by atoms with Crippen LogP contribution in [0.2, 0.25) is 0 Å². The molecule has 0 spiro atoms. The Morgan fingerprint density at radius 3 is 2.59 bits per heavy atom. The predicted molar refractivity (Wildman–Crippen MR) is 118 cm³/mol. The Bertz CT molecular complexity index is 680. The highest BCUT2D eigenvalue weighted by Crippen LogP contribution is 2.32. The van der Waals surface area contributed by atoms with E-state index < -0.39 is 0 Å². The van der Waals surface area contributed by atoms with Crippen LogP contribution in [0.1, 0.15) is 50.7 Å². The van der Waals surface area contributed by atoms with Crippen LogP contribution in [-0.2, 0) is 13.0 Å². The smallest absolute Gasteiger partial charge is 0.0411 e. The van der Waals surface area contributed by atoms with Crippen LogP contribution in [0.3, 0.4) is 0 Å². The van der Waals surface area contributed by atoms with E-state index in [0.717, 1.165) is 32.6 Å². The molecule has 4 nitrogen and oxygen atoms in total. The first-order chi connectivity index (χ1) is 13.1. The number of nitrogens with one attached hydrogen (secondary N) is 2. The zero-order valence-electron chi connectivity index (χ0n) is 17.1. The maximum Gasteiger partial charge on any atom is 0.0411 e. The summed E-state index contributed by atoms with van der Waals surface area (Å²) in [4.78, 5) is 2.50. The molecule has 1 saturated carbocycles. The zero-order chi connectivity index (χ0) is 19.2. The average molecular weight is 369 g/mol. The van der Waals surface area contributed by atoms with Gasteiger partial charge in [0, 0.05) is 50.1 Å². The second kappa shape index (κ2) is 9.43. The molecule has 4 heteroatoms. The minimum absolute atomic E-state index is 0.576. The molecule has 2 fully saturated rings. The van der Waals surface area contributed by atoms with Gasteiger partial charge in [0.25, 0.3) is 0 Å². The van der Waals surface area contributed by atoms with Crippen LogP contribution in [0.4, 0.5) is 11.4 Å². The lowest BCUT2D eigenvalue weighted by Gasteiger charge is -2.31. The number of nitrogens with zero attached hydrogens (tertiary/aromatic N) is 1. The summed E-state index contributed by atoms with van der Waals surface area (Å²) in [5.74, 6) is 0. The standard InChI is InChI=1S/C23H36N4/c1-4-17(2)18(3)13-19-14-21(27-11-9-25-10-12-27)15-23(22(19)16-24)26-20-7-5-6-8-20/h4,14-15,20,25-26H,1,5-13,16,24H2,2-3H3/b18-17+. The average Bonchev–Trinajstić information content (AvgIpc) is 3.20. The summed E-state index contributed by atoms with van der Waals surface area (Å²) in [6.45, 7) is 13.1. The van der Waals surface area contributed by atoms with E-state index in [2.05, 4.69) is 48.1 Å². The number of hydrogen-bond acceptors (Lipinski definition) is 4. The van der Waals surface area contributed by atoms with Crippen molar-refractivity contribution in [2.75, 3.05) is 36.4 Å². The molecule has 0 atom stereocenters. The van der Waals surface area contributed by atoms with Crippen LogP contribution in [0, 0.1) is 0 Å². The summed E-state index contributed by atoms with van der Waals surface area (Å²) >= 11 is 0. The number of piperazine rings is 1. The molecule has 1 aliphatic carbocycles. The summed E-state index contributed by atoms with van der Waals surface area (Å²) in [5, 5.41) is 7.29. The maximum atomic E-state index is 6.24. The van der Waals surface area contributed by atoms with Gasteiger partial charge in [0.15, 0.2) is 0 Å². The number of anilines is 2. The van der Waals surface area contributed by atoms with Crippen LogP contribution in [0.15, 0.2) is 35.9 Å². The molecule has 3 rings (SSSR count). The van der Waals surface area contributed by atoms with Gasteiger partial charge in [0.2, 0.25) is 0 Å². The Morgan fingerprint density at radius 1 is 1.26 bits per heavy atom. The zero-order valence-corrected chi connectivity index (χ0v) is 17.1. The van der Waals surface area contributed by atoms with Crippen molar-refractivity contribution in [3.8, 4) is 0 Å². The minimum Gasteiger partial charge on any atom is -0.382 e. The van der Waals surface area contributed by atoms with Gasteiger partial charge in [-0.15, -0.1) is 0 Å². The molecule has 0 amide bonds.